The number of benzene rings is 1. The lowest BCUT2D eigenvalue weighted by molar-refractivity contribution is -0.141. The molecule has 0 aliphatic carbocycles. The third-order valence-corrected chi connectivity index (χ3v) is 4.87. The number of halogens is 2. The van der Waals surface area contributed by atoms with Crippen LogP contribution in [0.15, 0.2) is 18.2 Å². The minimum absolute atomic E-state index is 0.144. The van der Waals surface area contributed by atoms with Gasteiger partial charge in [0.1, 0.15) is 11.9 Å². The molecule has 1 aliphatic rings. The number of hydrogen-bond acceptors (Lipinski definition) is 4. The molecule has 2 amide bonds. The summed E-state index contributed by atoms with van der Waals surface area (Å²) in [5.41, 5.74) is 0.833. The van der Waals surface area contributed by atoms with E-state index in [4.69, 9.17) is 27.9 Å². The summed E-state index contributed by atoms with van der Waals surface area (Å²) in [4.78, 5) is 25.2. The van der Waals surface area contributed by atoms with Gasteiger partial charge in [-0.15, -0.1) is 11.8 Å². The Balaban J connectivity index is 2.03. The summed E-state index contributed by atoms with van der Waals surface area (Å²) in [7, 11) is 0. The smallest absolute Gasteiger partial charge is 0.325 e. The first kappa shape index (κ1) is 17.2. The summed E-state index contributed by atoms with van der Waals surface area (Å²) < 4.78 is 4.79. The van der Waals surface area contributed by atoms with Gasteiger partial charge in [0.2, 0.25) is 0 Å². The SMILES string of the molecule is CCOC(=O)CNC(=O)N1CCSC1c1ccc(Cl)cc1Cl. The fourth-order valence-corrected chi connectivity index (χ4v) is 3.97. The number of nitrogens with zero attached hydrogens (tertiary/aromatic N) is 1. The van der Waals surface area contributed by atoms with Crippen LogP contribution in [0.3, 0.4) is 0 Å². The summed E-state index contributed by atoms with van der Waals surface area (Å²) >= 11 is 13.7. The molecule has 8 heteroatoms. The molecule has 5 nitrogen and oxygen atoms in total. The average molecular weight is 363 g/mol. The lowest BCUT2D eigenvalue weighted by atomic mass is 10.2. The van der Waals surface area contributed by atoms with Crippen LogP contribution in [0, 0.1) is 0 Å². The highest BCUT2D eigenvalue weighted by atomic mass is 35.5. The molecule has 0 saturated carbocycles. The minimum atomic E-state index is -0.455. The number of nitrogens with one attached hydrogen (secondary N) is 1. The van der Waals surface area contributed by atoms with Crippen LogP contribution in [-0.2, 0) is 9.53 Å². The van der Waals surface area contributed by atoms with Crippen LogP contribution in [0.1, 0.15) is 17.9 Å². The molecular formula is C14H16Cl2N2O3S. The predicted molar refractivity (Wildman–Crippen MR) is 88.4 cm³/mol. The molecule has 1 N–H and O–H groups in total. The van der Waals surface area contributed by atoms with Crippen molar-refractivity contribution in [3.05, 3.63) is 33.8 Å². The molecule has 1 aromatic carbocycles. The highest BCUT2D eigenvalue weighted by Gasteiger charge is 2.32. The zero-order chi connectivity index (χ0) is 16.1. The molecule has 1 heterocycles. The Labute approximate surface area is 143 Å². The van der Waals surface area contributed by atoms with Gasteiger partial charge in [-0.1, -0.05) is 29.3 Å². The minimum Gasteiger partial charge on any atom is -0.465 e. The molecule has 1 aromatic rings. The molecule has 2 rings (SSSR count). The molecule has 0 bridgehead atoms. The lowest BCUT2D eigenvalue weighted by Gasteiger charge is -2.25. The van der Waals surface area contributed by atoms with E-state index in [0.717, 1.165) is 11.3 Å². The normalized spacial score (nSPS) is 17.4. The molecule has 1 fully saturated rings. The highest BCUT2D eigenvalue weighted by Crippen LogP contribution is 2.41. The second-order valence-corrected chi connectivity index (χ2v) is 6.58. The number of hydrogen-bond donors (Lipinski definition) is 1. The predicted octanol–water partition coefficient (Wildman–Crippen LogP) is 3.31. The van der Waals surface area contributed by atoms with Gasteiger partial charge in [-0.05, 0) is 19.1 Å². The molecule has 1 atom stereocenters. The molecule has 120 valence electrons. The number of amides is 2. The molecule has 0 aromatic heterocycles. The summed E-state index contributed by atoms with van der Waals surface area (Å²) in [6.45, 7) is 2.45. The molecular weight excluding hydrogens is 347 g/mol. The summed E-state index contributed by atoms with van der Waals surface area (Å²) in [6, 6.07) is 4.91. The van der Waals surface area contributed by atoms with Crippen molar-refractivity contribution in [2.45, 2.75) is 12.3 Å². The fourth-order valence-electron chi connectivity index (χ4n) is 2.10. The zero-order valence-electron chi connectivity index (χ0n) is 12.0. The first-order valence-corrected chi connectivity index (χ1v) is 8.60. The quantitative estimate of drug-likeness (QED) is 0.834. The van der Waals surface area contributed by atoms with Crippen molar-refractivity contribution in [1.29, 1.82) is 0 Å². The van der Waals surface area contributed by atoms with Crippen LogP contribution in [-0.4, -0.2) is 42.3 Å². The van der Waals surface area contributed by atoms with Crippen LogP contribution in [0.2, 0.25) is 10.0 Å². The van der Waals surface area contributed by atoms with Gasteiger partial charge in [0.25, 0.3) is 0 Å². The van der Waals surface area contributed by atoms with E-state index in [1.807, 2.05) is 6.07 Å². The highest BCUT2D eigenvalue weighted by molar-refractivity contribution is 7.99. The van der Waals surface area contributed by atoms with E-state index in [2.05, 4.69) is 5.32 Å². The standard InChI is InChI=1S/C14H16Cl2N2O3S/c1-2-21-12(19)8-17-14(20)18-5-6-22-13(18)10-4-3-9(15)7-11(10)16/h3-4,7,13H,2,5-6,8H2,1H3,(H,17,20). The van der Waals surface area contributed by atoms with Gasteiger partial charge in [-0.25, -0.2) is 4.79 Å². The lowest BCUT2D eigenvalue weighted by Crippen LogP contribution is -2.42. The number of ether oxygens (including phenoxy) is 1. The molecule has 0 radical (unpaired) electrons. The van der Waals surface area contributed by atoms with Crippen molar-refractivity contribution in [2.24, 2.45) is 0 Å². The van der Waals surface area contributed by atoms with Crippen LogP contribution in [0.4, 0.5) is 4.79 Å². The number of rotatable bonds is 4. The average Bonchev–Trinajstić information content (AvgIpc) is 2.94. The Bertz CT molecular complexity index is 571. The van der Waals surface area contributed by atoms with E-state index in [1.54, 1.807) is 35.7 Å². The third-order valence-electron chi connectivity index (χ3n) is 3.07. The van der Waals surface area contributed by atoms with Crippen LogP contribution >= 0.6 is 35.0 Å². The van der Waals surface area contributed by atoms with Gasteiger partial charge in [-0.2, -0.15) is 0 Å². The van der Waals surface area contributed by atoms with Crippen molar-refractivity contribution in [2.75, 3.05) is 25.4 Å². The number of carbonyl (C=O) groups excluding carboxylic acids is 2. The molecule has 0 spiro atoms. The fraction of sp³-hybridized carbons (Fsp3) is 0.429. The Hall–Kier alpha value is -1.11. The second-order valence-electron chi connectivity index (χ2n) is 4.55. The van der Waals surface area contributed by atoms with E-state index in [0.29, 0.717) is 16.6 Å². The van der Waals surface area contributed by atoms with E-state index < -0.39 is 5.97 Å². The monoisotopic (exact) mass is 362 g/mol. The van der Waals surface area contributed by atoms with Gasteiger partial charge in [0.15, 0.2) is 0 Å². The van der Waals surface area contributed by atoms with E-state index >= 15 is 0 Å². The summed E-state index contributed by atoms with van der Waals surface area (Å²) in [5, 5.41) is 3.46. The van der Waals surface area contributed by atoms with E-state index in [1.165, 1.54) is 0 Å². The Kier molecular flexibility index (Phi) is 6.23. The van der Waals surface area contributed by atoms with Gasteiger partial charge < -0.3 is 15.0 Å². The topological polar surface area (TPSA) is 58.6 Å². The van der Waals surface area contributed by atoms with Crippen molar-refractivity contribution in [3.63, 3.8) is 0 Å². The Morgan fingerprint density at radius 1 is 1.45 bits per heavy atom. The first-order chi connectivity index (χ1) is 10.5. The van der Waals surface area contributed by atoms with Crippen molar-refractivity contribution < 1.29 is 14.3 Å². The van der Waals surface area contributed by atoms with Crippen molar-refractivity contribution >= 4 is 47.0 Å². The zero-order valence-corrected chi connectivity index (χ0v) is 14.3. The molecule has 22 heavy (non-hydrogen) atoms. The van der Waals surface area contributed by atoms with Gasteiger partial charge in [0.05, 0.1) is 6.61 Å². The molecule has 1 aliphatic heterocycles. The van der Waals surface area contributed by atoms with Gasteiger partial charge in [-0.3, -0.25) is 4.79 Å². The van der Waals surface area contributed by atoms with Crippen LogP contribution in [0.5, 0.6) is 0 Å². The second kappa shape index (κ2) is 7.94. The van der Waals surface area contributed by atoms with Gasteiger partial charge in [0, 0.05) is 27.9 Å². The number of carbonyl (C=O) groups is 2. The first-order valence-electron chi connectivity index (χ1n) is 6.79. The maximum atomic E-state index is 12.2. The number of urea groups is 1. The van der Waals surface area contributed by atoms with E-state index in [9.17, 15) is 9.59 Å². The third kappa shape index (κ3) is 4.21. The Morgan fingerprint density at radius 3 is 2.91 bits per heavy atom. The van der Waals surface area contributed by atoms with Crippen LogP contribution in [0.25, 0.3) is 0 Å². The van der Waals surface area contributed by atoms with Gasteiger partial charge >= 0.3 is 12.0 Å². The Morgan fingerprint density at radius 2 is 2.23 bits per heavy atom. The maximum Gasteiger partial charge on any atom is 0.325 e. The number of esters is 1. The summed E-state index contributed by atoms with van der Waals surface area (Å²) in [6.07, 6.45) is 0. The van der Waals surface area contributed by atoms with Crippen LogP contribution < -0.4 is 5.32 Å². The van der Waals surface area contributed by atoms with Crippen molar-refractivity contribution in [3.8, 4) is 0 Å². The molecule has 1 saturated heterocycles. The van der Waals surface area contributed by atoms with Crippen molar-refractivity contribution in [1.82, 2.24) is 10.2 Å². The maximum absolute atomic E-state index is 12.2. The summed E-state index contributed by atoms with van der Waals surface area (Å²) in [5.74, 6) is 0.347. The number of thioether (sulfide) groups is 1. The largest absolute Gasteiger partial charge is 0.465 e. The van der Waals surface area contributed by atoms with E-state index in [-0.39, 0.29) is 24.6 Å². The molecule has 1 unspecified atom stereocenters.